The van der Waals surface area contributed by atoms with Crippen molar-refractivity contribution in [2.75, 3.05) is 5.75 Å². The summed E-state index contributed by atoms with van der Waals surface area (Å²) >= 11 is 4.03. The van der Waals surface area contributed by atoms with Gasteiger partial charge in [0.1, 0.15) is 5.78 Å². The second-order valence-electron chi connectivity index (χ2n) is 2.64. The Morgan fingerprint density at radius 2 is 1.89 bits per heavy atom. The molecule has 1 unspecified atom stereocenters. The monoisotopic (exact) mass is 146 g/mol. The first kappa shape index (κ1) is 9.02. The van der Waals surface area contributed by atoms with Gasteiger partial charge in [0, 0.05) is 11.8 Å². The van der Waals surface area contributed by atoms with Crippen LogP contribution in [0.4, 0.5) is 0 Å². The third kappa shape index (κ3) is 2.89. The minimum atomic E-state index is 0.119. The molecule has 0 rings (SSSR count). The molecule has 0 bridgehead atoms. The van der Waals surface area contributed by atoms with E-state index in [-0.39, 0.29) is 11.8 Å². The SMILES string of the molecule is CC(C)C(=O)C(C)CS. The number of hydrogen-bond acceptors (Lipinski definition) is 2. The highest BCUT2D eigenvalue weighted by molar-refractivity contribution is 7.80. The molecule has 0 aromatic rings. The molecule has 0 heterocycles. The fourth-order valence-electron chi connectivity index (χ4n) is 0.659. The lowest BCUT2D eigenvalue weighted by Crippen LogP contribution is -2.17. The number of carbonyl (C=O) groups is 1. The quantitative estimate of drug-likeness (QED) is 0.601. The lowest BCUT2D eigenvalue weighted by atomic mass is 9.99. The molecule has 0 saturated carbocycles. The van der Waals surface area contributed by atoms with Crippen LogP contribution in [0.15, 0.2) is 0 Å². The Morgan fingerprint density at radius 1 is 1.44 bits per heavy atom. The normalized spacial score (nSPS) is 13.9. The van der Waals surface area contributed by atoms with Crippen LogP contribution in [-0.2, 0) is 4.79 Å². The van der Waals surface area contributed by atoms with Crippen LogP contribution in [0, 0.1) is 11.8 Å². The standard InChI is InChI=1S/C7H14OS/c1-5(2)7(8)6(3)4-9/h5-6,9H,4H2,1-3H3. The van der Waals surface area contributed by atoms with Gasteiger partial charge in [-0.25, -0.2) is 0 Å². The number of hydrogen-bond donors (Lipinski definition) is 1. The Labute approximate surface area is 62.2 Å². The van der Waals surface area contributed by atoms with Gasteiger partial charge in [0.15, 0.2) is 0 Å². The van der Waals surface area contributed by atoms with E-state index in [1.165, 1.54) is 0 Å². The third-order valence-corrected chi connectivity index (χ3v) is 1.88. The lowest BCUT2D eigenvalue weighted by Gasteiger charge is -2.08. The summed E-state index contributed by atoms with van der Waals surface area (Å²) in [6.07, 6.45) is 0. The highest BCUT2D eigenvalue weighted by atomic mass is 32.1. The van der Waals surface area contributed by atoms with E-state index in [4.69, 9.17) is 0 Å². The Hall–Kier alpha value is 0.0200. The van der Waals surface area contributed by atoms with Crippen molar-refractivity contribution in [2.24, 2.45) is 11.8 Å². The summed E-state index contributed by atoms with van der Waals surface area (Å²) in [5.41, 5.74) is 0. The van der Waals surface area contributed by atoms with Crippen molar-refractivity contribution in [3.8, 4) is 0 Å². The number of thiol groups is 1. The Balaban J connectivity index is 3.73. The lowest BCUT2D eigenvalue weighted by molar-refractivity contribution is -0.124. The topological polar surface area (TPSA) is 17.1 Å². The molecular formula is C7H14OS. The molecule has 0 aliphatic carbocycles. The van der Waals surface area contributed by atoms with Gasteiger partial charge < -0.3 is 0 Å². The molecule has 0 aromatic heterocycles. The molecule has 54 valence electrons. The first-order valence-corrected chi connectivity index (χ1v) is 3.87. The van der Waals surface area contributed by atoms with Crippen LogP contribution in [0.5, 0.6) is 0 Å². The van der Waals surface area contributed by atoms with Crippen molar-refractivity contribution in [3.05, 3.63) is 0 Å². The van der Waals surface area contributed by atoms with E-state index >= 15 is 0 Å². The molecule has 0 saturated heterocycles. The van der Waals surface area contributed by atoms with Crippen LogP contribution < -0.4 is 0 Å². The summed E-state index contributed by atoms with van der Waals surface area (Å²) in [6.45, 7) is 5.75. The zero-order valence-electron chi connectivity index (χ0n) is 6.22. The van der Waals surface area contributed by atoms with E-state index < -0.39 is 0 Å². The van der Waals surface area contributed by atoms with Crippen molar-refractivity contribution in [3.63, 3.8) is 0 Å². The Bertz CT molecular complexity index is 99.1. The van der Waals surface area contributed by atoms with E-state index in [2.05, 4.69) is 12.6 Å². The summed E-state index contributed by atoms with van der Waals surface area (Å²) in [6, 6.07) is 0. The van der Waals surface area contributed by atoms with Crippen LogP contribution in [0.25, 0.3) is 0 Å². The van der Waals surface area contributed by atoms with Crippen LogP contribution in [0.1, 0.15) is 20.8 Å². The molecule has 0 spiro atoms. The van der Waals surface area contributed by atoms with Crippen molar-refractivity contribution in [2.45, 2.75) is 20.8 Å². The maximum atomic E-state index is 11.0. The van der Waals surface area contributed by atoms with E-state index in [1.807, 2.05) is 20.8 Å². The highest BCUT2D eigenvalue weighted by Crippen LogP contribution is 2.06. The molecule has 1 nitrogen and oxygen atoms in total. The van der Waals surface area contributed by atoms with Gasteiger partial charge in [-0.15, -0.1) is 0 Å². The number of Topliss-reactive ketones (excluding diaryl/α,β-unsaturated/α-hetero) is 1. The number of ketones is 1. The Morgan fingerprint density at radius 3 is 2.00 bits per heavy atom. The van der Waals surface area contributed by atoms with E-state index in [9.17, 15) is 4.79 Å². The van der Waals surface area contributed by atoms with Gasteiger partial charge in [0.25, 0.3) is 0 Å². The molecular weight excluding hydrogens is 132 g/mol. The van der Waals surface area contributed by atoms with Crippen LogP contribution in [0.2, 0.25) is 0 Å². The molecule has 0 aliphatic rings. The smallest absolute Gasteiger partial charge is 0.139 e. The van der Waals surface area contributed by atoms with E-state index in [0.29, 0.717) is 11.5 Å². The van der Waals surface area contributed by atoms with Crippen LogP contribution >= 0.6 is 12.6 Å². The average molecular weight is 146 g/mol. The third-order valence-electron chi connectivity index (χ3n) is 1.33. The summed E-state index contributed by atoms with van der Waals surface area (Å²) in [7, 11) is 0. The zero-order chi connectivity index (χ0) is 7.44. The molecule has 0 aromatic carbocycles. The average Bonchev–Trinajstić information content (AvgIpc) is 1.84. The summed E-state index contributed by atoms with van der Waals surface area (Å²) in [5, 5.41) is 0. The second-order valence-corrected chi connectivity index (χ2v) is 3.01. The van der Waals surface area contributed by atoms with Gasteiger partial charge in [0.05, 0.1) is 0 Å². The maximum Gasteiger partial charge on any atom is 0.139 e. The van der Waals surface area contributed by atoms with Gasteiger partial charge in [-0.3, -0.25) is 4.79 Å². The fraction of sp³-hybridized carbons (Fsp3) is 0.857. The fourth-order valence-corrected chi connectivity index (χ4v) is 0.839. The van der Waals surface area contributed by atoms with Crippen LogP contribution in [-0.4, -0.2) is 11.5 Å². The van der Waals surface area contributed by atoms with Gasteiger partial charge in [0.2, 0.25) is 0 Å². The van der Waals surface area contributed by atoms with Gasteiger partial charge >= 0.3 is 0 Å². The van der Waals surface area contributed by atoms with Crippen molar-refractivity contribution in [1.29, 1.82) is 0 Å². The van der Waals surface area contributed by atoms with Gasteiger partial charge in [-0.05, 0) is 5.75 Å². The van der Waals surface area contributed by atoms with E-state index in [1.54, 1.807) is 0 Å². The zero-order valence-corrected chi connectivity index (χ0v) is 7.11. The molecule has 0 N–H and O–H groups in total. The first-order chi connectivity index (χ1) is 4.09. The summed E-state index contributed by atoms with van der Waals surface area (Å²) in [5.74, 6) is 1.25. The molecule has 0 radical (unpaired) electrons. The second kappa shape index (κ2) is 3.94. The largest absolute Gasteiger partial charge is 0.299 e. The van der Waals surface area contributed by atoms with Gasteiger partial charge in [-0.2, -0.15) is 12.6 Å². The Kier molecular flexibility index (Phi) is 3.95. The predicted octanol–water partition coefficient (Wildman–Crippen LogP) is 1.78. The van der Waals surface area contributed by atoms with Crippen molar-refractivity contribution >= 4 is 18.4 Å². The molecule has 0 fully saturated rings. The predicted molar refractivity (Wildman–Crippen MR) is 42.9 cm³/mol. The molecule has 9 heavy (non-hydrogen) atoms. The van der Waals surface area contributed by atoms with Gasteiger partial charge in [-0.1, -0.05) is 20.8 Å². The molecule has 2 heteroatoms. The molecule has 0 aliphatic heterocycles. The summed E-state index contributed by atoms with van der Waals surface area (Å²) in [4.78, 5) is 11.0. The van der Waals surface area contributed by atoms with Crippen molar-refractivity contribution in [1.82, 2.24) is 0 Å². The van der Waals surface area contributed by atoms with Crippen molar-refractivity contribution < 1.29 is 4.79 Å². The van der Waals surface area contributed by atoms with E-state index in [0.717, 1.165) is 0 Å². The number of rotatable bonds is 3. The maximum absolute atomic E-state index is 11.0. The number of carbonyl (C=O) groups excluding carboxylic acids is 1. The van der Waals surface area contributed by atoms with Crippen LogP contribution in [0.3, 0.4) is 0 Å². The minimum absolute atomic E-state index is 0.119. The minimum Gasteiger partial charge on any atom is -0.299 e. The molecule has 0 amide bonds. The summed E-state index contributed by atoms with van der Waals surface area (Å²) < 4.78 is 0. The highest BCUT2D eigenvalue weighted by Gasteiger charge is 2.13. The molecule has 1 atom stereocenters. The first-order valence-electron chi connectivity index (χ1n) is 3.24.